The van der Waals surface area contributed by atoms with Crippen molar-refractivity contribution in [3.05, 3.63) is 59.7 Å². The van der Waals surface area contributed by atoms with Gasteiger partial charge in [-0.3, -0.25) is 0 Å². The molecule has 1 nitrogen and oxygen atoms in total. The molecule has 1 radical (unpaired) electrons. The van der Waals surface area contributed by atoms with Gasteiger partial charge in [-0.1, -0.05) is 48.5 Å². The van der Waals surface area contributed by atoms with E-state index in [9.17, 15) is 0 Å². The molecule has 0 bridgehead atoms. The topological polar surface area (TPSA) is 9.23 Å². The highest BCUT2D eigenvalue weighted by molar-refractivity contribution is 7.78. The lowest BCUT2D eigenvalue weighted by molar-refractivity contribution is 0.313. The summed E-state index contributed by atoms with van der Waals surface area (Å²) in [7, 11) is 0. The molecule has 17 heavy (non-hydrogen) atoms. The average Bonchev–Trinajstić information content (AvgIpc) is 2.71. The molecule has 1 aliphatic carbocycles. The second kappa shape index (κ2) is 4.30. The van der Waals surface area contributed by atoms with Crippen LogP contribution in [0.15, 0.2) is 48.5 Å². The molecule has 1 aliphatic rings. The van der Waals surface area contributed by atoms with Gasteiger partial charge >= 0.3 is 0 Å². The number of rotatable bonds is 3. The maximum absolute atomic E-state index is 5.20. The number of hydrogen-bond donors (Lipinski definition) is 0. The van der Waals surface area contributed by atoms with E-state index in [1.54, 1.807) is 0 Å². The van der Waals surface area contributed by atoms with Crippen molar-refractivity contribution in [1.82, 2.24) is 0 Å². The van der Waals surface area contributed by atoms with Crippen LogP contribution in [0, 0.1) is 0 Å². The molecule has 2 heteroatoms. The molecule has 83 valence electrons. The van der Waals surface area contributed by atoms with E-state index in [4.69, 9.17) is 4.74 Å². The smallest absolute Gasteiger partial charge is 0.239 e. The second-order valence-corrected chi connectivity index (χ2v) is 4.29. The highest BCUT2D eigenvalue weighted by atomic mass is 32.1. The van der Waals surface area contributed by atoms with Gasteiger partial charge in [0.05, 0.1) is 0 Å². The van der Waals surface area contributed by atoms with Crippen LogP contribution in [-0.4, -0.2) is 12.2 Å². The van der Waals surface area contributed by atoms with Crippen LogP contribution in [0.5, 0.6) is 0 Å². The summed E-state index contributed by atoms with van der Waals surface area (Å²) in [6.45, 7) is 0.567. The number of fused-ring (bicyclic) bond motifs is 3. The van der Waals surface area contributed by atoms with Crippen molar-refractivity contribution in [3.63, 3.8) is 0 Å². The lowest BCUT2D eigenvalue weighted by atomic mass is 9.98. The van der Waals surface area contributed by atoms with Gasteiger partial charge in [0.25, 0.3) is 0 Å². The third-order valence-electron chi connectivity index (χ3n) is 3.27. The van der Waals surface area contributed by atoms with Gasteiger partial charge in [-0.2, -0.15) is 0 Å². The second-order valence-electron chi connectivity index (χ2n) is 4.12. The lowest BCUT2D eigenvalue weighted by Crippen LogP contribution is -2.05. The zero-order valence-electron chi connectivity index (χ0n) is 9.22. The largest absolute Gasteiger partial charge is 0.479 e. The molecule has 2 aromatic rings. The summed E-state index contributed by atoms with van der Waals surface area (Å²) < 4.78 is 5.20. The van der Waals surface area contributed by atoms with E-state index in [1.807, 2.05) is 0 Å². The Bertz CT molecular complexity index is 517. The molecule has 0 saturated carbocycles. The van der Waals surface area contributed by atoms with Gasteiger partial charge in [-0.25, -0.2) is 0 Å². The minimum absolute atomic E-state index is 0.276. The summed E-state index contributed by atoms with van der Waals surface area (Å²) in [5, 5.41) is 0. The molecule has 0 spiro atoms. The molecule has 2 aromatic carbocycles. The molecule has 0 saturated heterocycles. The minimum atomic E-state index is 0.276. The van der Waals surface area contributed by atoms with Gasteiger partial charge in [-0.05, 0) is 34.5 Å². The summed E-state index contributed by atoms with van der Waals surface area (Å²) in [6.07, 6.45) is 0. The van der Waals surface area contributed by atoms with E-state index >= 15 is 0 Å². The number of hydrogen-bond acceptors (Lipinski definition) is 2. The van der Waals surface area contributed by atoms with E-state index in [0.29, 0.717) is 6.61 Å². The van der Waals surface area contributed by atoms with Crippen molar-refractivity contribution in [2.24, 2.45) is 0 Å². The first-order valence-corrected chi connectivity index (χ1v) is 6.00. The quantitative estimate of drug-likeness (QED) is 0.756. The molecule has 0 aromatic heterocycles. The van der Waals surface area contributed by atoms with Crippen molar-refractivity contribution in [2.45, 2.75) is 5.92 Å². The monoisotopic (exact) mass is 239 g/mol. The van der Waals surface area contributed by atoms with E-state index in [2.05, 4.69) is 66.3 Å². The first-order valence-electron chi connectivity index (χ1n) is 5.59. The van der Waals surface area contributed by atoms with Crippen LogP contribution < -0.4 is 0 Å². The Kier molecular flexibility index (Phi) is 2.65. The molecular weight excluding hydrogens is 228 g/mol. The predicted octanol–water partition coefficient (Wildman–Crippen LogP) is 3.65. The Hall–Kier alpha value is -1.67. The molecule has 0 fully saturated rings. The first-order chi connectivity index (χ1) is 8.42. The summed E-state index contributed by atoms with van der Waals surface area (Å²) in [5.41, 5.74) is 7.59. The highest BCUT2D eigenvalue weighted by Crippen LogP contribution is 2.44. The Labute approximate surface area is 106 Å². The summed E-state index contributed by atoms with van der Waals surface area (Å²) in [6, 6.07) is 16.9. The lowest BCUT2D eigenvalue weighted by Gasteiger charge is -2.11. The molecule has 0 heterocycles. The highest BCUT2D eigenvalue weighted by Gasteiger charge is 2.27. The fraction of sp³-hybridized carbons (Fsp3) is 0.133. The normalized spacial score (nSPS) is 12.9. The summed E-state index contributed by atoms with van der Waals surface area (Å²) in [5.74, 6) is 0.276. The molecular formula is C15H11OS. The van der Waals surface area contributed by atoms with Crippen LogP contribution >= 0.6 is 12.2 Å². The molecule has 0 atom stereocenters. The molecule has 0 amide bonds. The Morgan fingerprint density at radius 1 is 0.941 bits per heavy atom. The van der Waals surface area contributed by atoms with Crippen molar-refractivity contribution >= 4 is 17.8 Å². The Morgan fingerprint density at radius 2 is 1.47 bits per heavy atom. The fourth-order valence-corrected chi connectivity index (χ4v) is 2.62. The van der Waals surface area contributed by atoms with Crippen LogP contribution in [0.3, 0.4) is 0 Å². The van der Waals surface area contributed by atoms with Crippen LogP contribution in [0.1, 0.15) is 17.0 Å². The van der Waals surface area contributed by atoms with Crippen molar-refractivity contribution in [3.8, 4) is 11.1 Å². The first kappa shape index (κ1) is 10.5. The maximum atomic E-state index is 5.20. The minimum Gasteiger partial charge on any atom is -0.479 e. The fourth-order valence-electron chi connectivity index (χ4n) is 2.56. The van der Waals surface area contributed by atoms with Crippen molar-refractivity contribution in [1.29, 1.82) is 0 Å². The predicted molar refractivity (Wildman–Crippen MR) is 72.3 cm³/mol. The van der Waals surface area contributed by atoms with Crippen molar-refractivity contribution < 1.29 is 4.74 Å². The van der Waals surface area contributed by atoms with E-state index in [1.165, 1.54) is 22.3 Å². The average molecular weight is 239 g/mol. The Morgan fingerprint density at radius 3 is 2.00 bits per heavy atom. The standard InChI is InChI=1S/C15H11OS/c17-10-16-9-15-13-7-3-1-5-11(13)12-6-2-4-8-14(12)15/h1-8,15H,9H2. The van der Waals surface area contributed by atoms with Crippen LogP contribution in [0.25, 0.3) is 11.1 Å². The van der Waals surface area contributed by atoms with Gasteiger partial charge < -0.3 is 4.74 Å². The van der Waals surface area contributed by atoms with E-state index in [-0.39, 0.29) is 5.92 Å². The maximum Gasteiger partial charge on any atom is 0.239 e. The van der Waals surface area contributed by atoms with Gasteiger partial charge in [0.1, 0.15) is 6.61 Å². The number of thiocarbonyl (C=S) groups is 1. The Balaban J connectivity index is 2.13. The van der Waals surface area contributed by atoms with Gasteiger partial charge in [0.15, 0.2) is 0 Å². The van der Waals surface area contributed by atoms with Crippen LogP contribution in [0.2, 0.25) is 0 Å². The van der Waals surface area contributed by atoms with Crippen LogP contribution in [-0.2, 0) is 4.74 Å². The summed E-state index contributed by atoms with van der Waals surface area (Å²) >= 11 is 4.61. The molecule has 0 unspecified atom stereocenters. The zero-order chi connectivity index (χ0) is 11.7. The third kappa shape index (κ3) is 1.65. The third-order valence-corrected chi connectivity index (χ3v) is 3.39. The van der Waals surface area contributed by atoms with E-state index in [0.717, 1.165) is 0 Å². The summed E-state index contributed by atoms with van der Waals surface area (Å²) in [4.78, 5) is 0. The zero-order valence-corrected chi connectivity index (χ0v) is 10.0. The van der Waals surface area contributed by atoms with Gasteiger partial charge in [-0.15, -0.1) is 0 Å². The van der Waals surface area contributed by atoms with Gasteiger partial charge in [0, 0.05) is 5.92 Å². The van der Waals surface area contributed by atoms with E-state index < -0.39 is 0 Å². The molecule has 0 N–H and O–H groups in total. The van der Waals surface area contributed by atoms with Crippen molar-refractivity contribution in [2.75, 3.05) is 6.61 Å². The molecule has 3 rings (SSSR count). The van der Waals surface area contributed by atoms with Gasteiger partial charge in [0.2, 0.25) is 5.55 Å². The molecule has 0 aliphatic heterocycles. The van der Waals surface area contributed by atoms with Crippen LogP contribution in [0.4, 0.5) is 0 Å². The number of benzene rings is 2. The number of ether oxygens (including phenoxy) is 1. The SMILES string of the molecule is S=[C]OCC1c2ccccc2-c2ccccc21.